The zero-order valence-electron chi connectivity index (χ0n) is 10.3. The monoisotopic (exact) mass is 281 g/mol. The van der Waals surface area contributed by atoms with Gasteiger partial charge in [0.1, 0.15) is 0 Å². The topological polar surface area (TPSA) is 77.8 Å². The Morgan fingerprint density at radius 1 is 1.42 bits per heavy atom. The van der Waals surface area contributed by atoms with Crippen molar-refractivity contribution in [3.8, 4) is 0 Å². The van der Waals surface area contributed by atoms with Crippen LogP contribution in [0.25, 0.3) is 0 Å². The van der Waals surface area contributed by atoms with Crippen LogP contribution in [-0.4, -0.2) is 34.4 Å². The zero-order valence-corrected chi connectivity index (χ0v) is 11.2. The number of thioether (sulfide) groups is 1. The lowest BCUT2D eigenvalue weighted by Crippen LogP contribution is -2.36. The van der Waals surface area contributed by atoms with E-state index < -0.39 is 5.97 Å². The van der Waals surface area contributed by atoms with Crippen molar-refractivity contribution < 1.29 is 19.8 Å². The maximum absolute atomic E-state index is 11.9. The smallest absolute Gasteiger partial charge is 0.303 e. The van der Waals surface area contributed by atoms with Gasteiger partial charge in [-0.1, -0.05) is 6.07 Å². The number of aliphatic carboxylic acids is 1. The van der Waals surface area contributed by atoms with Crippen LogP contribution in [0.15, 0.2) is 23.1 Å². The number of carbonyl (C=O) groups excluding carboxylic acids is 1. The quantitative estimate of drug-likeness (QED) is 0.855. The van der Waals surface area contributed by atoms with E-state index in [4.69, 9.17) is 10.2 Å². The average molecular weight is 281 g/mol. The Morgan fingerprint density at radius 3 is 2.89 bits per heavy atom. The van der Waals surface area contributed by atoms with Gasteiger partial charge in [-0.15, -0.1) is 11.8 Å². The second kappa shape index (κ2) is 6.08. The van der Waals surface area contributed by atoms with Gasteiger partial charge in [-0.3, -0.25) is 9.59 Å². The minimum atomic E-state index is -0.858. The van der Waals surface area contributed by atoms with Crippen LogP contribution in [0.4, 0.5) is 5.69 Å². The molecule has 6 heteroatoms. The Labute approximate surface area is 115 Å². The molecule has 19 heavy (non-hydrogen) atoms. The molecule has 102 valence electrons. The third-order valence-corrected chi connectivity index (χ3v) is 3.97. The fraction of sp³-hybridized carbons (Fsp3) is 0.385. The molecule has 0 saturated carbocycles. The second-order valence-electron chi connectivity index (χ2n) is 4.29. The van der Waals surface area contributed by atoms with Gasteiger partial charge in [-0.25, -0.2) is 0 Å². The van der Waals surface area contributed by atoms with Crippen molar-refractivity contribution >= 4 is 29.3 Å². The molecule has 0 aliphatic carbocycles. The van der Waals surface area contributed by atoms with Gasteiger partial charge in [0.25, 0.3) is 0 Å². The van der Waals surface area contributed by atoms with Gasteiger partial charge >= 0.3 is 5.97 Å². The number of aliphatic hydroxyl groups excluding tert-OH is 1. The number of carbonyl (C=O) groups is 2. The van der Waals surface area contributed by atoms with Gasteiger partial charge in [-0.05, 0) is 24.1 Å². The molecule has 0 bridgehead atoms. The SMILES string of the molecule is O=C(O)CCCN1C(=O)CSc2ccc(CO)cc21. The second-order valence-corrected chi connectivity index (χ2v) is 5.31. The maximum atomic E-state index is 11.9. The van der Waals surface area contributed by atoms with E-state index in [1.807, 2.05) is 12.1 Å². The number of fused-ring (bicyclic) bond motifs is 1. The van der Waals surface area contributed by atoms with E-state index in [1.54, 1.807) is 11.0 Å². The first-order chi connectivity index (χ1) is 9.11. The van der Waals surface area contributed by atoms with Crippen molar-refractivity contribution in [3.63, 3.8) is 0 Å². The van der Waals surface area contributed by atoms with Gasteiger partial charge in [-0.2, -0.15) is 0 Å². The molecule has 5 nitrogen and oxygen atoms in total. The highest BCUT2D eigenvalue weighted by atomic mass is 32.2. The van der Waals surface area contributed by atoms with Gasteiger partial charge < -0.3 is 15.1 Å². The van der Waals surface area contributed by atoms with Crippen molar-refractivity contribution in [1.29, 1.82) is 0 Å². The van der Waals surface area contributed by atoms with Gasteiger partial charge in [0.15, 0.2) is 0 Å². The molecule has 0 saturated heterocycles. The molecule has 1 aliphatic heterocycles. The summed E-state index contributed by atoms with van der Waals surface area (Å²) in [5.74, 6) is -0.500. The molecule has 2 rings (SSSR count). The highest BCUT2D eigenvalue weighted by molar-refractivity contribution is 8.00. The van der Waals surface area contributed by atoms with Gasteiger partial charge in [0.2, 0.25) is 5.91 Å². The van der Waals surface area contributed by atoms with Gasteiger partial charge in [0, 0.05) is 17.9 Å². The van der Waals surface area contributed by atoms with E-state index in [0.29, 0.717) is 18.7 Å². The van der Waals surface area contributed by atoms with Crippen LogP contribution in [-0.2, 0) is 16.2 Å². The molecule has 0 fully saturated rings. The minimum absolute atomic E-state index is 0.0158. The number of rotatable bonds is 5. The Balaban J connectivity index is 2.18. The Hall–Kier alpha value is -1.53. The van der Waals surface area contributed by atoms with E-state index in [1.165, 1.54) is 11.8 Å². The number of hydrogen-bond acceptors (Lipinski definition) is 4. The van der Waals surface area contributed by atoms with E-state index in [-0.39, 0.29) is 18.9 Å². The number of anilines is 1. The predicted octanol–water partition coefficient (Wildman–Crippen LogP) is 1.48. The van der Waals surface area contributed by atoms with Crippen molar-refractivity contribution in [2.24, 2.45) is 0 Å². The Kier molecular flexibility index (Phi) is 4.44. The van der Waals surface area contributed by atoms with E-state index in [2.05, 4.69) is 0 Å². The van der Waals surface area contributed by atoms with Crippen molar-refractivity contribution in [2.45, 2.75) is 24.3 Å². The van der Waals surface area contributed by atoms with Crippen LogP contribution in [0, 0.1) is 0 Å². The number of carboxylic acids is 1. The molecule has 0 radical (unpaired) electrons. The third kappa shape index (κ3) is 3.27. The molecule has 1 amide bonds. The van der Waals surface area contributed by atoms with Crippen LogP contribution >= 0.6 is 11.8 Å². The highest BCUT2D eigenvalue weighted by Gasteiger charge is 2.24. The molecule has 0 unspecified atom stereocenters. The first-order valence-electron chi connectivity index (χ1n) is 6.00. The summed E-state index contributed by atoms with van der Waals surface area (Å²) in [6.45, 7) is 0.322. The van der Waals surface area contributed by atoms with E-state index in [0.717, 1.165) is 16.1 Å². The Bertz CT molecular complexity index is 503. The summed E-state index contributed by atoms with van der Waals surface area (Å²) < 4.78 is 0. The third-order valence-electron chi connectivity index (χ3n) is 2.92. The largest absolute Gasteiger partial charge is 0.481 e. The summed E-state index contributed by atoms with van der Waals surface area (Å²) in [6, 6.07) is 5.51. The maximum Gasteiger partial charge on any atom is 0.303 e. The molecular formula is C13H15NO4S. The molecule has 1 aromatic carbocycles. The fourth-order valence-corrected chi connectivity index (χ4v) is 2.90. The molecular weight excluding hydrogens is 266 g/mol. The number of nitrogens with zero attached hydrogens (tertiary/aromatic N) is 1. The van der Waals surface area contributed by atoms with E-state index >= 15 is 0 Å². The molecule has 0 spiro atoms. The normalized spacial score (nSPS) is 14.4. The standard InChI is InChI=1S/C13H15NO4S/c15-7-9-3-4-11-10(6-9)14(12(16)8-19-11)5-1-2-13(17)18/h3-4,6,15H,1-2,5,7-8H2,(H,17,18). The van der Waals surface area contributed by atoms with Crippen molar-refractivity contribution in [2.75, 3.05) is 17.2 Å². The summed E-state index contributed by atoms with van der Waals surface area (Å²) in [5.41, 5.74) is 1.52. The summed E-state index contributed by atoms with van der Waals surface area (Å²) >= 11 is 1.47. The molecule has 2 N–H and O–H groups in total. The molecule has 0 aromatic heterocycles. The number of amides is 1. The van der Waals surface area contributed by atoms with Crippen LogP contribution in [0.1, 0.15) is 18.4 Å². The number of carboxylic acid groups (broad SMARTS) is 1. The van der Waals surface area contributed by atoms with Crippen LogP contribution in [0.3, 0.4) is 0 Å². The lowest BCUT2D eigenvalue weighted by molar-refractivity contribution is -0.137. The zero-order chi connectivity index (χ0) is 13.8. The molecule has 0 atom stereocenters. The summed E-state index contributed by atoms with van der Waals surface area (Å²) in [6.07, 6.45) is 0.473. The number of hydrogen-bond donors (Lipinski definition) is 2. The van der Waals surface area contributed by atoms with Crippen LogP contribution in [0.2, 0.25) is 0 Å². The minimum Gasteiger partial charge on any atom is -0.481 e. The van der Waals surface area contributed by atoms with Gasteiger partial charge in [0.05, 0.1) is 18.0 Å². The highest BCUT2D eigenvalue weighted by Crippen LogP contribution is 2.36. The fourth-order valence-electron chi connectivity index (χ4n) is 1.98. The van der Waals surface area contributed by atoms with Crippen LogP contribution in [0.5, 0.6) is 0 Å². The number of aliphatic hydroxyl groups is 1. The summed E-state index contributed by atoms with van der Waals surface area (Å²) in [4.78, 5) is 25.1. The predicted molar refractivity (Wildman–Crippen MR) is 72.3 cm³/mol. The number of benzene rings is 1. The lowest BCUT2D eigenvalue weighted by atomic mass is 10.1. The molecule has 1 heterocycles. The first kappa shape index (κ1) is 13.9. The average Bonchev–Trinajstić information content (AvgIpc) is 2.40. The summed E-state index contributed by atoms with van der Waals surface area (Å²) in [7, 11) is 0. The Morgan fingerprint density at radius 2 is 2.21 bits per heavy atom. The lowest BCUT2D eigenvalue weighted by Gasteiger charge is -2.29. The van der Waals surface area contributed by atoms with Crippen molar-refractivity contribution in [3.05, 3.63) is 23.8 Å². The molecule has 1 aromatic rings. The first-order valence-corrected chi connectivity index (χ1v) is 6.99. The van der Waals surface area contributed by atoms with Crippen LogP contribution < -0.4 is 4.90 Å². The van der Waals surface area contributed by atoms with E-state index in [9.17, 15) is 9.59 Å². The summed E-state index contributed by atoms with van der Waals surface area (Å²) in [5, 5.41) is 17.8. The van der Waals surface area contributed by atoms with Crippen molar-refractivity contribution in [1.82, 2.24) is 0 Å². The molecule has 1 aliphatic rings.